The van der Waals surface area contributed by atoms with E-state index in [4.69, 9.17) is 4.74 Å². The molecule has 2 rings (SSSR count). The smallest absolute Gasteiger partial charge is 0.194 e. The lowest BCUT2D eigenvalue weighted by molar-refractivity contribution is 0.0277. The Labute approximate surface area is 157 Å². The van der Waals surface area contributed by atoms with E-state index in [1.165, 1.54) is 12.3 Å². The van der Waals surface area contributed by atoms with Crippen LogP contribution in [-0.4, -0.2) is 44.7 Å². The summed E-state index contributed by atoms with van der Waals surface area (Å²) in [6.07, 6.45) is 4.16. The van der Waals surface area contributed by atoms with Gasteiger partial charge >= 0.3 is 0 Å². The summed E-state index contributed by atoms with van der Waals surface area (Å²) in [5.74, 6) is -0.0273. The molecule has 0 spiro atoms. The highest BCUT2D eigenvalue weighted by atomic mass is 32.2. The van der Waals surface area contributed by atoms with Gasteiger partial charge < -0.3 is 24.8 Å². The number of pyridine rings is 1. The molecule has 142 valence electrons. The number of benzene rings is 1. The molecule has 4 atom stereocenters. The topological polar surface area (TPSA) is 97.7 Å². The molecule has 0 radical (unpaired) electrons. The van der Waals surface area contributed by atoms with Crippen molar-refractivity contribution in [2.45, 2.75) is 43.6 Å². The van der Waals surface area contributed by atoms with E-state index in [0.29, 0.717) is 23.6 Å². The van der Waals surface area contributed by atoms with Crippen LogP contribution in [0.25, 0.3) is 0 Å². The molecule has 7 heteroatoms. The average Bonchev–Trinajstić information content (AvgIpc) is 2.64. The van der Waals surface area contributed by atoms with Gasteiger partial charge in [-0.25, -0.2) is 0 Å². The van der Waals surface area contributed by atoms with Gasteiger partial charge in [-0.1, -0.05) is 12.1 Å². The lowest BCUT2D eigenvalue weighted by Gasteiger charge is -2.23. The maximum absolute atomic E-state index is 11.6. The number of hydrogen-bond donors (Lipinski definition) is 3. The van der Waals surface area contributed by atoms with Crippen molar-refractivity contribution in [1.82, 2.24) is 10.3 Å². The predicted molar refractivity (Wildman–Crippen MR) is 101 cm³/mol. The number of phenols is 1. The van der Waals surface area contributed by atoms with Crippen molar-refractivity contribution in [3.8, 4) is 5.75 Å². The maximum Gasteiger partial charge on any atom is 0.194 e. The Hall–Kier alpha value is -1.64. The number of aliphatic hydroxyl groups excluding tert-OH is 1. The Morgan fingerprint density at radius 3 is 2.73 bits per heavy atom. The molecule has 0 fully saturated rings. The second-order valence-corrected chi connectivity index (χ2v) is 7.62. The Bertz CT molecular complexity index is 684. The standard InChI is InChI=1S/C19H26N2O4S/c1-13(14(2)25-12-15-5-4-8-20-10-15)21-11-18(23)16-6-7-17(22)19(9-16)26(3)24/h4-10,13-14,18,21-23H,11-12H2,1-3H3. The van der Waals surface area contributed by atoms with Crippen LogP contribution in [0.4, 0.5) is 0 Å². The van der Waals surface area contributed by atoms with E-state index in [9.17, 15) is 14.8 Å². The predicted octanol–water partition coefficient (Wildman–Crippen LogP) is 2.14. The van der Waals surface area contributed by atoms with Gasteiger partial charge in [0.05, 0.1) is 18.8 Å². The molecule has 1 aromatic heterocycles. The van der Waals surface area contributed by atoms with E-state index in [-0.39, 0.29) is 17.9 Å². The summed E-state index contributed by atoms with van der Waals surface area (Å²) in [5.41, 5.74) is 1.62. The van der Waals surface area contributed by atoms with Gasteiger partial charge in [0.2, 0.25) is 0 Å². The first-order chi connectivity index (χ1) is 12.4. The highest BCUT2D eigenvalue weighted by molar-refractivity contribution is 7.90. The van der Waals surface area contributed by atoms with Gasteiger partial charge in [0.15, 0.2) is 10.6 Å². The van der Waals surface area contributed by atoms with Crippen LogP contribution in [0.15, 0.2) is 47.6 Å². The van der Waals surface area contributed by atoms with Crippen LogP contribution in [0.2, 0.25) is 0 Å². The van der Waals surface area contributed by atoms with Crippen molar-refractivity contribution in [3.05, 3.63) is 53.9 Å². The van der Waals surface area contributed by atoms with E-state index < -0.39 is 17.3 Å². The number of hydrogen-bond acceptors (Lipinski definition) is 6. The third-order valence-electron chi connectivity index (χ3n) is 4.25. The third kappa shape index (κ3) is 5.96. The first-order valence-corrected chi connectivity index (χ1v) is 10.0. The molecule has 4 unspecified atom stereocenters. The van der Waals surface area contributed by atoms with Crippen LogP contribution in [0.5, 0.6) is 5.75 Å². The fourth-order valence-corrected chi connectivity index (χ4v) is 3.07. The molecule has 26 heavy (non-hydrogen) atoms. The first-order valence-electron chi connectivity index (χ1n) is 8.46. The molecular formula is C19H26N2O4S. The highest BCUT2D eigenvalue weighted by Crippen LogP contribution is 2.26. The SMILES string of the molecule is CC(NCC(O)c1ccc(O)c([S+](C)[O-])c1)C(C)OCc1cccnc1. The summed E-state index contributed by atoms with van der Waals surface area (Å²) >= 11 is -1.31. The zero-order chi connectivity index (χ0) is 19.1. The summed E-state index contributed by atoms with van der Waals surface area (Å²) in [7, 11) is 0. The van der Waals surface area contributed by atoms with Crippen molar-refractivity contribution < 1.29 is 19.5 Å². The normalized spacial score (nSPS) is 16.0. The molecule has 1 aromatic carbocycles. The maximum atomic E-state index is 11.6. The molecule has 0 aliphatic carbocycles. The van der Waals surface area contributed by atoms with E-state index in [1.807, 2.05) is 26.0 Å². The Kier molecular flexibility index (Phi) is 7.86. The summed E-state index contributed by atoms with van der Waals surface area (Å²) in [5, 5.41) is 23.3. The van der Waals surface area contributed by atoms with Gasteiger partial charge in [0.25, 0.3) is 0 Å². The second-order valence-electron chi connectivity index (χ2n) is 6.27. The molecule has 0 amide bonds. The van der Waals surface area contributed by atoms with E-state index in [2.05, 4.69) is 10.3 Å². The van der Waals surface area contributed by atoms with E-state index in [0.717, 1.165) is 5.56 Å². The molecule has 2 aromatic rings. The molecule has 6 nitrogen and oxygen atoms in total. The van der Waals surface area contributed by atoms with Crippen molar-refractivity contribution in [1.29, 1.82) is 0 Å². The summed E-state index contributed by atoms with van der Waals surface area (Å²) in [4.78, 5) is 4.38. The van der Waals surface area contributed by atoms with Crippen LogP contribution in [0.3, 0.4) is 0 Å². The van der Waals surface area contributed by atoms with E-state index >= 15 is 0 Å². The van der Waals surface area contributed by atoms with Crippen molar-refractivity contribution >= 4 is 11.2 Å². The quantitative estimate of drug-likeness (QED) is 0.579. The first kappa shape index (κ1) is 20.7. The summed E-state index contributed by atoms with van der Waals surface area (Å²) < 4.78 is 17.5. The van der Waals surface area contributed by atoms with Gasteiger partial charge in [-0.05, 0) is 48.3 Å². The van der Waals surface area contributed by atoms with Crippen LogP contribution in [0, 0.1) is 0 Å². The number of aromatic nitrogens is 1. The lowest BCUT2D eigenvalue weighted by atomic mass is 10.1. The molecular weight excluding hydrogens is 352 g/mol. The van der Waals surface area contributed by atoms with Crippen molar-refractivity contribution in [2.24, 2.45) is 0 Å². The van der Waals surface area contributed by atoms with Crippen LogP contribution in [-0.2, 0) is 22.5 Å². The summed E-state index contributed by atoms with van der Waals surface area (Å²) in [6.45, 7) is 4.76. The molecule has 0 saturated carbocycles. The largest absolute Gasteiger partial charge is 0.612 e. The van der Waals surface area contributed by atoms with Gasteiger partial charge in [0, 0.05) is 31.0 Å². The fourth-order valence-electron chi connectivity index (χ4n) is 2.41. The van der Waals surface area contributed by atoms with Gasteiger partial charge in [0.1, 0.15) is 6.26 Å². The van der Waals surface area contributed by atoms with Crippen molar-refractivity contribution in [3.63, 3.8) is 0 Å². The fraction of sp³-hybridized carbons (Fsp3) is 0.421. The molecule has 1 heterocycles. The van der Waals surface area contributed by atoms with E-state index in [1.54, 1.807) is 24.5 Å². The third-order valence-corrected chi connectivity index (χ3v) is 5.20. The molecule has 0 aliphatic heterocycles. The molecule has 0 aliphatic rings. The van der Waals surface area contributed by atoms with Gasteiger partial charge in [-0.3, -0.25) is 4.98 Å². The number of nitrogens with zero attached hydrogens (tertiary/aromatic N) is 1. The number of aliphatic hydroxyl groups is 1. The lowest BCUT2D eigenvalue weighted by Crippen LogP contribution is -2.39. The Morgan fingerprint density at radius 1 is 1.31 bits per heavy atom. The Morgan fingerprint density at radius 2 is 2.08 bits per heavy atom. The number of rotatable bonds is 9. The number of phenolic OH excluding ortho intramolecular Hbond substituents is 1. The Balaban J connectivity index is 1.84. The minimum atomic E-state index is -1.31. The highest BCUT2D eigenvalue weighted by Gasteiger charge is 2.18. The number of nitrogens with one attached hydrogen (secondary N) is 1. The van der Waals surface area contributed by atoms with Crippen LogP contribution < -0.4 is 5.32 Å². The van der Waals surface area contributed by atoms with Gasteiger partial charge in [-0.2, -0.15) is 0 Å². The molecule has 0 bridgehead atoms. The minimum Gasteiger partial charge on any atom is -0.612 e. The minimum absolute atomic E-state index is 0.0261. The zero-order valence-corrected chi connectivity index (χ0v) is 16.1. The van der Waals surface area contributed by atoms with Crippen LogP contribution >= 0.6 is 0 Å². The monoisotopic (exact) mass is 378 g/mol. The van der Waals surface area contributed by atoms with Gasteiger partial charge in [-0.15, -0.1) is 0 Å². The average molecular weight is 378 g/mol. The molecule has 0 saturated heterocycles. The van der Waals surface area contributed by atoms with Crippen molar-refractivity contribution in [2.75, 3.05) is 12.8 Å². The van der Waals surface area contributed by atoms with Crippen LogP contribution in [0.1, 0.15) is 31.1 Å². The zero-order valence-electron chi connectivity index (χ0n) is 15.3. The summed E-state index contributed by atoms with van der Waals surface area (Å²) in [6, 6.07) is 8.52. The number of aromatic hydroxyl groups is 1. The number of ether oxygens (including phenoxy) is 1. The second kappa shape index (κ2) is 9.89. The molecule has 3 N–H and O–H groups in total.